The molecule has 0 radical (unpaired) electrons. The lowest BCUT2D eigenvalue weighted by Crippen LogP contribution is -2.30. The van der Waals surface area contributed by atoms with Gasteiger partial charge in [-0.25, -0.2) is 9.13 Å². The Kier molecular flexibility index (Phi) is 80.4. The fraction of sp³-hybridized carbons (Fsp3) is 0.957. The van der Waals surface area contributed by atoms with Crippen LogP contribution in [0, 0.1) is 17.8 Å². The van der Waals surface area contributed by atoms with E-state index in [4.69, 9.17) is 37.0 Å². The summed E-state index contributed by atoms with van der Waals surface area (Å²) >= 11 is 0. The zero-order valence-corrected chi connectivity index (χ0v) is 75.2. The van der Waals surface area contributed by atoms with Crippen LogP contribution in [0.15, 0.2) is 0 Å². The summed E-state index contributed by atoms with van der Waals surface area (Å²) in [6.07, 6.45) is 75.0. The lowest BCUT2D eigenvalue weighted by Gasteiger charge is -2.21. The number of carbonyl (C=O) groups is 4. The van der Waals surface area contributed by atoms with Gasteiger partial charge in [0.25, 0.3) is 0 Å². The number of esters is 4. The molecule has 19 heteroatoms. The monoisotopic (exact) mass is 1620 g/mol. The first-order chi connectivity index (χ1) is 53.8. The highest BCUT2D eigenvalue weighted by atomic mass is 31.2. The van der Waals surface area contributed by atoms with Crippen LogP contribution in [0.4, 0.5) is 0 Å². The number of carbonyl (C=O) groups excluding carboxylic acids is 4. The van der Waals surface area contributed by atoms with Gasteiger partial charge in [-0.3, -0.25) is 37.3 Å². The summed E-state index contributed by atoms with van der Waals surface area (Å²) in [5.74, 6) is 0.363. The second-order valence-corrected chi connectivity index (χ2v) is 36.9. The van der Waals surface area contributed by atoms with Crippen molar-refractivity contribution in [2.45, 2.75) is 510 Å². The summed E-state index contributed by atoms with van der Waals surface area (Å²) in [5, 5.41) is 10.7. The summed E-state index contributed by atoms with van der Waals surface area (Å²) in [6, 6.07) is 0. The first kappa shape index (κ1) is 109. The average molecular weight is 1620 g/mol. The number of phosphoric acid groups is 2. The zero-order valence-electron chi connectivity index (χ0n) is 73.4. The third-order valence-corrected chi connectivity index (χ3v) is 24.3. The number of ether oxygens (including phenoxy) is 4. The normalized spacial score (nSPS) is 14.3. The molecule has 3 N–H and O–H groups in total. The highest BCUT2D eigenvalue weighted by Crippen LogP contribution is 2.45. The van der Waals surface area contributed by atoms with Gasteiger partial charge in [-0.1, -0.05) is 440 Å². The number of hydrogen-bond acceptors (Lipinski definition) is 15. The smallest absolute Gasteiger partial charge is 0.462 e. The van der Waals surface area contributed by atoms with Crippen LogP contribution in [0.25, 0.3) is 0 Å². The van der Waals surface area contributed by atoms with Crippen LogP contribution in [-0.2, 0) is 65.4 Å². The second-order valence-electron chi connectivity index (χ2n) is 34.0. The Bertz CT molecular complexity index is 2130. The second kappa shape index (κ2) is 81.8. The molecular formula is C92H180O17P2. The molecule has 0 bridgehead atoms. The number of rotatable bonds is 90. The standard InChI is InChI=1S/C92H180O17P2/c1-8-11-12-13-14-15-16-17-18-19-20-24-27-33-38-45-52-59-66-73-89(94)102-79-87(108-91(96)75-68-61-54-46-39-34-28-25-22-21-23-26-31-36-43-50-57-64-71-84(6)9-2)81-106-110(98,99)104-77-86(93)78-105-111(100,101)107-82-88(80-103-90(95)74-67-60-53-48-41-42-49-56-63-70-83(4)5)109-92(97)76-69-62-55-47-40-35-30-29-32-37-44-51-58-65-72-85(7)10-3/h83-88,93H,8-82H2,1-7H3,(H,98,99)(H,100,101)/t84?,85?,86-,87-,88-/m1/s1. The van der Waals surface area contributed by atoms with E-state index in [-0.39, 0.29) is 25.7 Å². The van der Waals surface area contributed by atoms with Crippen LogP contribution in [0.5, 0.6) is 0 Å². The summed E-state index contributed by atoms with van der Waals surface area (Å²) in [7, 11) is -9.94. The number of unbranched alkanes of at least 4 members (excludes halogenated alkanes) is 56. The van der Waals surface area contributed by atoms with Crippen LogP contribution in [0.2, 0.25) is 0 Å². The van der Waals surface area contributed by atoms with E-state index in [1.165, 1.54) is 302 Å². The van der Waals surface area contributed by atoms with Gasteiger partial charge in [0.15, 0.2) is 12.2 Å². The molecule has 0 amide bonds. The maximum Gasteiger partial charge on any atom is 0.472 e. The molecule has 0 aromatic carbocycles. The molecule has 0 spiro atoms. The summed E-state index contributed by atoms with van der Waals surface area (Å²) < 4.78 is 69.1. The van der Waals surface area contributed by atoms with Crippen molar-refractivity contribution < 1.29 is 80.2 Å². The van der Waals surface area contributed by atoms with Crippen molar-refractivity contribution in [2.24, 2.45) is 17.8 Å². The highest BCUT2D eigenvalue weighted by molar-refractivity contribution is 7.47. The van der Waals surface area contributed by atoms with Gasteiger partial charge >= 0.3 is 39.5 Å². The Morgan fingerprint density at radius 2 is 0.459 bits per heavy atom. The highest BCUT2D eigenvalue weighted by Gasteiger charge is 2.31. The van der Waals surface area contributed by atoms with Gasteiger partial charge in [-0.15, -0.1) is 0 Å². The minimum Gasteiger partial charge on any atom is -0.462 e. The van der Waals surface area contributed by atoms with Gasteiger partial charge < -0.3 is 33.8 Å². The first-order valence-corrected chi connectivity index (χ1v) is 50.4. The maximum absolute atomic E-state index is 13.2. The van der Waals surface area contributed by atoms with E-state index in [2.05, 4.69) is 48.5 Å². The number of hydrogen-bond donors (Lipinski definition) is 3. The maximum atomic E-state index is 13.2. The molecule has 0 aromatic heterocycles. The molecule has 0 saturated carbocycles. The Balaban J connectivity index is 5.25. The molecule has 0 fully saturated rings. The van der Waals surface area contributed by atoms with Crippen molar-refractivity contribution in [3.63, 3.8) is 0 Å². The molecule has 111 heavy (non-hydrogen) atoms. The van der Waals surface area contributed by atoms with Crippen LogP contribution < -0.4 is 0 Å². The largest absolute Gasteiger partial charge is 0.472 e. The topological polar surface area (TPSA) is 237 Å². The lowest BCUT2D eigenvalue weighted by molar-refractivity contribution is -0.161. The van der Waals surface area contributed by atoms with E-state index in [0.29, 0.717) is 25.7 Å². The average Bonchev–Trinajstić information content (AvgIpc) is 0.902. The summed E-state index contributed by atoms with van der Waals surface area (Å²) in [4.78, 5) is 73.5. The third-order valence-electron chi connectivity index (χ3n) is 22.4. The molecule has 17 nitrogen and oxygen atoms in total. The fourth-order valence-electron chi connectivity index (χ4n) is 14.4. The lowest BCUT2D eigenvalue weighted by atomic mass is 9.99. The van der Waals surface area contributed by atoms with E-state index in [9.17, 15) is 43.2 Å². The van der Waals surface area contributed by atoms with Crippen molar-refractivity contribution in [3.05, 3.63) is 0 Å². The number of aliphatic hydroxyl groups is 1. The molecule has 660 valence electrons. The van der Waals surface area contributed by atoms with Gasteiger partial charge in [0.05, 0.1) is 26.4 Å². The van der Waals surface area contributed by atoms with E-state index in [1.54, 1.807) is 0 Å². The van der Waals surface area contributed by atoms with Gasteiger partial charge in [0, 0.05) is 25.7 Å². The van der Waals surface area contributed by atoms with Crippen molar-refractivity contribution in [3.8, 4) is 0 Å². The SMILES string of the molecule is CCCCCCCCCCCCCCCCCCCCCC(=O)OC[C@H](COP(=O)(O)OC[C@@H](O)COP(=O)(O)OC[C@@H](COC(=O)CCCCCCCCCCCC(C)C)OC(=O)CCCCCCCCCCCCCCCCC(C)CC)OC(=O)CCCCCCCCCCCCCCCCCCCCC(C)CC. The van der Waals surface area contributed by atoms with Crippen LogP contribution >= 0.6 is 15.6 Å². The van der Waals surface area contributed by atoms with E-state index in [0.717, 1.165) is 108 Å². The molecule has 0 aliphatic rings. The molecule has 0 heterocycles. The van der Waals surface area contributed by atoms with Crippen LogP contribution in [-0.4, -0.2) is 96.7 Å². The zero-order chi connectivity index (χ0) is 81.5. The Morgan fingerprint density at radius 1 is 0.261 bits per heavy atom. The van der Waals surface area contributed by atoms with E-state index < -0.39 is 97.5 Å². The minimum atomic E-state index is -4.97. The van der Waals surface area contributed by atoms with Gasteiger partial charge in [0.1, 0.15) is 19.3 Å². The Labute approximate surface area is 683 Å². The third kappa shape index (κ3) is 82.9. The van der Waals surface area contributed by atoms with E-state index in [1.807, 2.05) is 0 Å². The molecular weight excluding hydrogens is 1440 g/mol. The molecule has 0 aliphatic heterocycles. The van der Waals surface area contributed by atoms with Gasteiger partial charge in [-0.2, -0.15) is 0 Å². The minimum absolute atomic E-state index is 0.108. The molecule has 7 atom stereocenters. The van der Waals surface area contributed by atoms with Gasteiger partial charge in [-0.05, 0) is 43.4 Å². The van der Waals surface area contributed by atoms with Crippen molar-refractivity contribution in [1.29, 1.82) is 0 Å². The molecule has 0 aliphatic carbocycles. The number of phosphoric ester groups is 2. The van der Waals surface area contributed by atoms with Gasteiger partial charge in [0.2, 0.25) is 0 Å². The van der Waals surface area contributed by atoms with Crippen molar-refractivity contribution >= 4 is 39.5 Å². The van der Waals surface area contributed by atoms with E-state index >= 15 is 0 Å². The fourth-order valence-corrected chi connectivity index (χ4v) is 15.9. The summed E-state index contributed by atoms with van der Waals surface area (Å²) in [6.45, 7) is 12.1. The van der Waals surface area contributed by atoms with Crippen LogP contribution in [0.1, 0.15) is 492 Å². The van der Waals surface area contributed by atoms with Crippen molar-refractivity contribution in [1.82, 2.24) is 0 Å². The molecule has 4 unspecified atom stereocenters. The predicted octanol–water partition coefficient (Wildman–Crippen LogP) is 28.4. The molecule has 0 saturated heterocycles. The Hall–Kier alpha value is -1.94. The number of aliphatic hydroxyl groups excluding tert-OH is 1. The quantitative estimate of drug-likeness (QED) is 0.0222. The molecule has 0 rings (SSSR count). The predicted molar refractivity (Wildman–Crippen MR) is 460 cm³/mol. The Morgan fingerprint density at radius 3 is 0.685 bits per heavy atom. The summed E-state index contributed by atoms with van der Waals surface area (Å²) in [5.41, 5.74) is 0. The van der Waals surface area contributed by atoms with Crippen LogP contribution in [0.3, 0.4) is 0 Å². The van der Waals surface area contributed by atoms with Crippen molar-refractivity contribution in [2.75, 3.05) is 39.6 Å². The first-order valence-electron chi connectivity index (χ1n) is 47.4. The molecule has 0 aromatic rings.